The molecule has 0 heterocycles. The number of carboxylic acids is 1. The minimum Gasteiger partial charge on any atom is -0.480 e. The third-order valence-corrected chi connectivity index (χ3v) is 3.03. The highest BCUT2D eigenvalue weighted by Gasteiger charge is 2.26. The molecule has 94 valence electrons. The summed E-state index contributed by atoms with van der Waals surface area (Å²) >= 11 is 0. The number of amides is 2. The molecule has 0 aliphatic rings. The van der Waals surface area contributed by atoms with Crippen molar-refractivity contribution in [3.05, 3.63) is 0 Å². The minimum absolute atomic E-state index is 0.163. The van der Waals surface area contributed by atoms with Gasteiger partial charge in [0, 0.05) is 20.1 Å². The third kappa shape index (κ3) is 3.40. The van der Waals surface area contributed by atoms with Crippen molar-refractivity contribution in [3.63, 3.8) is 0 Å². The number of urea groups is 1. The molecule has 0 bridgehead atoms. The summed E-state index contributed by atoms with van der Waals surface area (Å²) < 4.78 is 0. The average Bonchev–Trinajstić information content (AvgIpc) is 2.27. The Morgan fingerprint density at radius 3 is 1.88 bits per heavy atom. The predicted octanol–water partition coefficient (Wildman–Crippen LogP) is 1.63. The largest absolute Gasteiger partial charge is 0.480 e. The van der Waals surface area contributed by atoms with Crippen molar-refractivity contribution < 1.29 is 14.7 Å². The van der Waals surface area contributed by atoms with Crippen molar-refractivity contribution in [1.82, 2.24) is 9.80 Å². The minimum atomic E-state index is -0.992. The van der Waals surface area contributed by atoms with E-state index in [4.69, 9.17) is 5.11 Å². The van der Waals surface area contributed by atoms with E-state index < -0.39 is 12.0 Å². The van der Waals surface area contributed by atoms with Crippen LogP contribution in [-0.2, 0) is 4.79 Å². The van der Waals surface area contributed by atoms with Crippen LogP contribution >= 0.6 is 0 Å². The Labute approximate surface area is 97.0 Å². The molecule has 0 aliphatic heterocycles. The highest BCUT2D eigenvalue weighted by Crippen LogP contribution is 2.10. The van der Waals surface area contributed by atoms with Gasteiger partial charge in [-0.2, -0.15) is 0 Å². The van der Waals surface area contributed by atoms with Crippen LogP contribution in [0.25, 0.3) is 0 Å². The zero-order valence-electron chi connectivity index (χ0n) is 10.7. The molecule has 5 heteroatoms. The Bertz CT molecular complexity index is 252. The van der Waals surface area contributed by atoms with E-state index in [0.717, 1.165) is 12.8 Å². The molecule has 0 saturated heterocycles. The van der Waals surface area contributed by atoms with Gasteiger partial charge in [-0.05, 0) is 19.8 Å². The van der Waals surface area contributed by atoms with E-state index >= 15 is 0 Å². The van der Waals surface area contributed by atoms with Gasteiger partial charge in [-0.1, -0.05) is 13.8 Å². The highest BCUT2D eigenvalue weighted by atomic mass is 16.4. The smallest absolute Gasteiger partial charge is 0.326 e. The van der Waals surface area contributed by atoms with Crippen LogP contribution in [0.5, 0.6) is 0 Å². The van der Waals surface area contributed by atoms with E-state index in [0.29, 0.717) is 0 Å². The van der Waals surface area contributed by atoms with Crippen molar-refractivity contribution in [2.24, 2.45) is 0 Å². The van der Waals surface area contributed by atoms with Gasteiger partial charge in [0.1, 0.15) is 6.04 Å². The van der Waals surface area contributed by atoms with Gasteiger partial charge >= 0.3 is 12.0 Å². The molecule has 0 aromatic heterocycles. The maximum absolute atomic E-state index is 11.9. The molecule has 16 heavy (non-hydrogen) atoms. The number of carboxylic acid groups (broad SMARTS) is 1. The van der Waals surface area contributed by atoms with Crippen molar-refractivity contribution in [2.45, 2.75) is 45.7 Å². The molecular formula is C11H22N2O3. The summed E-state index contributed by atoms with van der Waals surface area (Å²) in [7, 11) is 3.23. The highest BCUT2D eigenvalue weighted by molar-refractivity contribution is 5.82. The SMILES string of the molecule is CCC(CC)N(C)C(=O)N(C)C(C)C(=O)O. The zero-order valence-corrected chi connectivity index (χ0v) is 10.7. The standard InChI is InChI=1S/C11H22N2O3/c1-6-9(7-2)13(5)11(16)12(4)8(3)10(14)15/h8-9H,6-7H2,1-5H3,(H,14,15). The van der Waals surface area contributed by atoms with E-state index in [9.17, 15) is 9.59 Å². The fraction of sp³-hybridized carbons (Fsp3) is 0.818. The molecule has 0 saturated carbocycles. The van der Waals surface area contributed by atoms with Crippen LogP contribution in [0, 0.1) is 0 Å². The Kier molecular flexibility index (Phi) is 5.85. The van der Waals surface area contributed by atoms with Crippen molar-refractivity contribution in [1.29, 1.82) is 0 Å². The van der Waals surface area contributed by atoms with E-state index in [1.54, 1.807) is 11.9 Å². The Morgan fingerprint density at radius 1 is 1.12 bits per heavy atom. The molecular weight excluding hydrogens is 208 g/mol. The number of nitrogens with zero attached hydrogens (tertiary/aromatic N) is 2. The molecule has 1 unspecified atom stereocenters. The first kappa shape index (κ1) is 14.7. The topological polar surface area (TPSA) is 60.9 Å². The van der Waals surface area contributed by atoms with E-state index in [2.05, 4.69) is 0 Å². The maximum Gasteiger partial charge on any atom is 0.326 e. The number of hydrogen-bond acceptors (Lipinski definition) is 2. The quantitative estimate of drug-likeness (QED) is 0.781. The van der Waals surface area contributed by atoms with Crippen LogP contribution in [0.3, 0.4) is 0 Å². The molecule has 0 fully saturated rings. The number of carbonyl (C=O) groups excluding carboxylic acids is 1. The van der Waals surface area contributed by atoms with Crippen LogP contribution in [-0.4, -0.2) is 53.1 Å². The summed E-state index contributed by atoms with van der Waals surface area (Å²) in [4.78, 5) is 25.6. The van der Waals surface area contributed by atoms with Crippen LogP contribution in [0.1, 0.15) is 33.6 Å². The normalized spacial score (nSPS) is 12.4. The fourth-order valence-corrected chi connectivity index (χ4v) is 1.57. The molecule has 1 N–H and O–H groups in total. The molecule has 1 atom stereocenters. The summed E-state index contributed by atoms with van der Waals surface area (Å²) in [5, 5.41) is 8.82. The first-order chi connectivity index (χ1) is 7.36. The van der Waals surface area contributed by atoms with Crippen molar-refractivity contribution in [3.8, 4) is 0 Å². The molecule has 0 radical (unpaired) electrons. The second-order valence-corrected chi connectivity index (χ2v) is 3.99. The lowest BCUT2D eigenvalue weighted by Gasteiger charge is -2.32. The molecule has 0 spiro atoms. The fourth-order valence-electron chi connectivity index (χ4n) is 1.57. The van der Waals surface area contributed by atoms with Gasteiger partial charge in [0.25, 0.3) is 0 Å². The van der Waals surface area contributed by atoms with E-state index in [1.807, 2.05) is 13.8 Å². The van der Waals surface area contributed by atoms with Crippen LogP contribution in [0.4, 0.5) is 4.79 Å². The summed E-state index contributed by atoms with van der Waals surface area (Å²) in [6.07, 6.45) is 1.74. The Morgan fingerprint density at radius 2 is 1.56 bits per heavy atom. The lowest BCUT2D eigenvalue weighted by molar-refractivity contribution is -0.141. The Hall–Kier alpha value is -1.26. The zero-order chi connectivity index (χ0) is 12.9. The van der Waals surface area contributed by atoms with Gasteiger partial charge in [-0.15, -0.1) is 0 Å². The monoisotopic (exact) mass is 230 g/mol. The maximum atomic E-state index is 11.9. The summed E-state index contributed by atoms with van der Waals surface area (Å²) in [6.45, 7) is 5.53. The lowest BCUT2D eigenvalue weighted by atomic mass is 10.1. The number of hydrogen-bond donors (Lipinski definition) is 1. The summed E-state index contributed by atoms with van der Waals surface area (Å²) in [5.74, 6) is -0.992. The van der Waals surface area contributed by atoms with E-state index in [1.165, 1.54) is 18.9 Å². The van der Waals surface area contributed by atoms with Crippen LogP contribution in [0.15, 0.2) is 0 Å². The number of likely N-dealkylation sites (N-methyl/N-ethyl adjacent to an activating group) is 1. The Balaban J connectivity index is 4.60. The van der Waals surface area contributed by atoms with Gasteiger partial charge in [-0.25, -0.2) is 9.59 Å². The van der Waals surface area contributed by atoms with Crippen molar-refractivity contribution in [2.75, 3.05) is 14.1 Å². The average molecular weight is 230 g/mol. The molecule has 0 aromatic rings. The van der Waals surface area contributed by atoms with Gasteiger partial charge < -0.3 is 14.9 Å². The number of rotatable bonds is 5. The molecule has 2 amide bonds. The molecule has 0 rings (SSSR count). The van der Waals surface area contributed by atoms with Crippen LogP contribution in [0.2, 0.25) is 0 Å². The van der Waals surface area contributed by atoms with E-state index in [-0.39, 0.29) is 12.1 Å². The third-order valence-electron chi connectivity index (χ3n) is 3.03. The van der Waals surface area contributed by atoms with Gasteiger partial charge in [0.2, 0.25) is 0 Å². The number of aliphatic carboxylic acids is 1. The molecule has 0 aromatic carbocycles. The van der Waals surface area contributed by atoms with Crippen LogP contribution < -0.4 is 0 Å². The second-order valence-electron chi connectivity index (χ2n) is 3.99. The van der Waals surface area contributed by atoms with Crippen molar-refractivity contribution >= 4 is 12.0 Å². The lowest BCUT2D eigenvalue weighted by Crippen LogP contribution is -2.49. The first-order valence-corrected chi connectivity index (χ1v) is 5.59. The van der Waals surface area contributed by atoms with Gasteiger partial charge in [0.05, 0.1) is 0 Å². The molecule has 5 nitrogen and oxygen atoms in total. The molecule has 0 aliphatic carbocycles. The van der Waals surface area contributed by atoms with Gasteiger partial charge in [0.15, 0.2) is 0 Å². The second kappa shape index (κ2) is 6.35. The summed E-state index contributed by atoms with van der Waals surface area (Å²) in [5.41, 5.74) is 0. The summed E-state index contributed by atoms with van der Waals surface area (Å²) in [6, 6.07) is -0.885. The number of carbonyl (C=O) groups is 2. The predicted molar refractivity (Wildman–Crippen MR) is 62.4 cm³/mol. The van der Waals surface area contributed by atoms with Gasteiger partial charge in [-0.3, -0.25) is 0 Å². The first-order valence-electron chi connectivity index (χ1n) is 5.59.